The van der Waals surface area contributed by atoms with Gasteiger partial charge in [-0.05, 0) is 23.6 Å². The second-order valence-electron chi connectivity index (χ2n) is 5.23. The Balaban J connectivity index is 2.35. The van der Waals surface area contributed by atoms with E-state index in [9.17, 15) is 0 Å². The molecule has 1 aliphatic heterocycles. The largest absolute Gasteiger partial charge is 0.483 e. The molecular weight excluding hydrogens is 332 g/mol. The summed E-state index contributed by atoms with van der Waals surface area (Å²) < 4.78 is 20.4. The van der Waals surface area contributed by atoms with Crippen molar-refractivity contribution in [3.8, 4) is 0 Å². The van der Waals surface area contributed by atoms with Gasteiger partial charge < -0.3 is 9.47 Å². The van der Waals surface area contributed by atoms with Crippen LogP contribution in [0.25, 0.3) is 0 Å². The molecule has 0 aromatic heterocycles. The van der Waals surface area contributed by atoms with Gasteiger partial charge in [0.25, 0.3) is 0 Å². The summed E-state index contributed by atoms with van der Waals surface area (Å²) >= 11 is 3.41. The predicted molar refractivity (Wildman–Crippen MR) is 89.1 cm³/mol. The van der Waals surface area contributed by atoms with E-state index in [1.165, 1.54) is 7.11 Å². The third kappa shape index (κ3) is 3.84. The summed E-state index contributed by atoms with van der Waals surface area (Å²) in [5.41, 5.74) is 0.991. The average Bonchev–Trinajstić information content (AvgIpc) is 2.48. The van der Waals surface area contributed by atoms with Crippen LogP contribution >= 0.6 is 15.9 Å². The molecule has 0 radical (unpaired) electrons. The van der Waals surface area contributed by atoms with Gasteiger partial charge in [-0.2, -0.15) is 0 Å². The monoisotopic (exact) mass is 353 g/mol. The van der Waals surface area contributed by atoms with Crippen molar-refractivity contribution in [3.63, 3.8) is 0 Å². The number of benzene rings is 1. The highest BCUT2D eigenvalue weighted by atomic mass is 79.9. The molecule has 2 rings (SSSR count). The topological polar surface area (TPSA) is 43.2 Å². The van der Waals surface area contributed by atoms with Gasteiger partial charge in [0.05, 0.1) is 15.6 Å². The molecule has 1 aromatic rings. The van der Waals surface area contributed by atoms with Crippen molar-refractivity contribution < 1.29 is 10.8 Å². The highest BCUT2D eigenvalue weighted by Crippen LogP contribution is 2.20. The van der Waals surface area contributed by atoms with Gasteiger partial charge in [0.15, 0.2) is 0 Å². The summed E-state index contributed by atoms with van der Waals surface area (Å²) in [6.45, 7) is 4.09. The maximum absolute atomic E-state index is 8.70. The Hall–Kier alpha value is -1.36. The number of ether oxygens (including phenoxy) is 2. The molecule has 0 amide bonds. The van der Waals surface area contributed by atoms with Crippen LogP contribution in [0.3, 0.4) is 0 Å². The summed E-state index contributed by atoms with van der Waals surface area (Å²) in [6, 6.07) is 6.32. The molecule has 0 saturated heterocycles. The lowest BCUT2D eigenvalue weighted by Gasteiger charge is -2.27. The molecule has 0 spiro atoms. The first-order valence-electron chi connectivity index (χ1n) is 7.40. The number of hydrogen-bond donors (Lipinski definition) is 0. The Morgan fingerprint density at radius 2 is 1.76 bits per heavy atom. The summed E-state index contributed by atoms with van der Waals surface area (Å²) in [5, 5.41) is 0. The fraction of sp³-hybridized carbons (Fsp3) is 0.500. The Morgan fingerprint density at radius 1 is 1.14 bits per heavy atom. The number of halogens is 1. The van der Waals surface area contributed by atoms with Crippen LogP contribution in [0.5, 0.6) is 0 Å². The van der Waals surface area contributed by atoms with Crippen molar-refractivity contribution in [2.45, 2.75) is 32.3 Å². The summed E-state index contributed by atoms with van der Waals surface area (Å²) in [4.78, 5) is 9.06. The molecular formula is C16H21BrN2O2. The lowest BCUT2D eigenvalue weighted by Crippen LogP contribution is -2.38. The number of nitrogens with zero attached hydrogens (tertiary/aromatic N) is 2. The highest BCUT2D eigenvalue weighted by Gasteiger charge is 2.30. The first-order chi connectivity index (χ1) is 10.4. The maximum Gasteiger partial charge on any atom is 0.209 e. The SMILES string of the molecule is [2H][C@]1(Cc2ccc(Br)cc2)N=C(OC)[C@H](C(C)C)N=C1OC. The molecule has 5 heteroatoms. The van der Waals surface area contributed by atoms with Crippen LogP contribution < -0.4 is 0 Å². The normalized spacial score (nSPS) is 26.0. The summed E-state index contributed by atoms with van der Waals surface area (Å²) in [7, 11) is 3.11. The van der Waals surface area contributed by atoms with Crippen molar-refractivity contribution in [1.29, 1.82) is 0 Å². The molecule has 0 aliphatic carbocycles. The zero-order valence-corrected chi connectivity index (χ0v) is 14.3. The molecule has 4 nitrogen and oxygen atoms in total. The van der Waals surface area contributed by atoms with Crippen molar-refractivity contribution in [2.75, 3.05) is 14.2 Å². The van der Waals surface area contributed by atoms with E-state index in [4.69, 9.17) is 10.8 Å². The smallest absolute Gasteiger partial charge is 0.209 e. The average molecular weight is 354 g/mol. The molecule has 1 aliphatic rings. The lowest BCUT2D eigenvalue weighted by atomic mass is 10.0. The second-order valence-corrected chi connectivity index (χ2v) is 6.15. The van der Waals surface area contributed by atoms with Gasteiger partial charge in [0.2, 0.25) is 11.8 Å². The van der Waals surface area contributed by atoms with Gasteiger partial charge in [0, 0.05) is 10.9 Å². The quantitative estimate of drug-likeness (QED) is 0.834. The maximum atomic E-state index is 8.70. The van der Waals surface area contributed by atoms with Gasteiger partial charge in [0.1, 0.15) is 12.1 Å². The third-order valence-corrected chi connectivity index (χ3v) is 3.85. The molecule has 2 atom stereocenters. The molecule has 114 valence electrons. The van der Waals surface area contributed by atoms with Crippen LogP contribution in [0.2, 0.25) is 0 Å². The van der Waals surface area contributed by atoms with Crippen molar-refractivity contribution in [3.05, 3.63) is 34.3 Å². The standard InChI is InChI=1S/C16H21BrN2O2/c1-10(2)14-16(21-4)18-13(15(19-14)20-3)9-11-5-7-12(17)8-6-11/h5-8,10,13-14H,9H2,1-4H3/t13-,14+/m1/s1/i13D. The van der Waals surface area contributed by atoms with Crippen LogP contribution in [-0.4, -0.2) is 38.1 Å². The van der Waals surface area contributed by atoms with E-state index in [-0.39, 0.29) is 12.0 Å². The van der Waals surface area contributed by atoms with Gasteiger partial charge in [-0.15, -0.1) is 0 Å². The van der Waals surface area contributed by atoms with Crippen molar-refractivity contribution in [2.24, 2.45) is 15.9 Å². The summed E-state index contributed by atoms with van der Waals surface area (Å²) in [6.07, 6.45) is 0.380. The number of rotatable bonds is 3. The van der Waals surface area contributed by atoms with E-state index in [0.717, 1.165) is 10.0 Å². The van der Waals surface area contributed by atoms with E-state index < -0.39 is 6.02 Å². The van der Waals surface area contributed by atoms with E-state index in [2.05, 4.69) is 25.9 Å². The second kappa shape index (κ2) is 7.07. The molecule has 1 heterocycles. The first kappa shape index (κ1) is 14.6. The van der Waals surface area contributed by atoms with Gasteiger partial charge in [-0.1, -0.05) is 41.9 Å². The molecule has 1 aromatic carbocycles. The van der Waals surface area contributed by atoms with Gasteiger partial charge >= 0.3 is 0 Å². The van der Waals surface area contributed by atoms with Crippen LogP contribution in [0.15, 0.2) is 38.7 Å². The first-order valence-corrected chi connectivity index (χ1v) is 7.69. The van der Waals surface area contributed by atoms with Gasteiger partial charge in [-0.3, -0.25) is 0 Å². The third-order valence-electron chi connectivity index (χ3n) is 3.32. The summed E-state index contributed by atoms with van der Waals surface area (Å²) in [5.74, 6) is 1.04. The Labute approximate surface area is 135 Å². The zero-order valence-electron chi connectivity index (χ0n) is 13.8. The van der Waals surface area contributed by atoms with E-state index in [1.807, 2.05) is 38.1 Å². The van der Waals surface area contributed by atoms with Crippen molar-refractivity contribution >= 4 is 27.7 Å². The van der Waals surface area contributed by atoms with Crippen LogP contribution in [0.4, 0.5) is 0 Å². The fourth-order valence-corrected chi connectivity index (χ4v) is 2.45. The molecule has 0 bridgehead atoms. The molecule has 21 heavy (non-hydrogen) atoms. The Bertz CT molecular complexity index is 586. The molecule has 0 fully saturated rings. The minimum Gasteiger partial charge on any atom is -0.483 e. The number of methoxy groups -OCH3 is 2. The highest BCUT2D eigenvalue weighted by molar-refractivity contribution is 9.10. The van der Waals surface area contributed by atoms with E-state index in [0.29, 0.717) is 18.2 Å². The zero-order chi connectivity index (χ0) is 16.3. The number of hydrogen-bond acceptors (Lipinski definition) is 4. The minimum atomic E-state index is -1.29. The van der Waals surface area contributed by atoms with Crippen LogP contribution in [0, 0.1) is 5.92 Å². The lowest BCUT2D eigenvalue weighted by molar-refractivity contribution is 0.332. The number of aliphatic imine (C=N–C) groups is 2. The van der Waals surface area contributed by atoms with Gasteiger partial charge in [-0.25, -0.2) is 9.98 Å². The molecule has 0 saturated carbocycles. The molecule has 0 unspecified atom stereocenters. The Morgan fingerprint density at radius 3 is 2.29 bits per heavy atom. The van der Waals surface area contributed by atoms with Crippen molar-refractivity contribution in [1.82, 2.24) is 0 Å². The van der Waals surface area contributed by atoms with Crippen LogP contribution in [-0.2, 0) is 15.9 Å². The molecule has 0 N–H and O–H groups in total. The van der Waals surface area contributed by atoms with E-state index >= 15 is 0 Å². The minimum absolute atomic E-state index is 0.205. The predicted octanol–water partition coefficient (Wildman–Crippen LogP) is 3.49. The fourth-order valence-electron chi connectivity index (χ4n) is 2.18. The van der Waals surface area contributed by atoms with Crippen LogP contribution in [0.1, 0.15) is 20.8 Å². The Kier molecular flexibility index (Phi) is 4.91. The van der Waals surface area contributed by atoms with E-state index in [1.54, 1.807) is 7.11 Å².